The third kappa shape index (κ3) is 1.28. The molecule has 2 unspecified atom stereocenters. The second-order valence-electron chi connectivity index (χ2n) is 5.08. The van der Waals surface area contributed by atoms with Gasteiger partial charge in [-0.2, -0.15) is 0 Å². The van der Waals surface area contributed by atoms with Gasteiger partial charge in [-0.15, -0.1) is 0 Å². The largest absolute Gasteiger partial charge is 0.465 e. The molecule has 90 valence electrons. The average Bonchev–Trinajstić information content (AvgIpc) is 2.85. The molecule has 3 saturated heterocycles. The van der Waals surface area contributed by atoms with Gasteiger partial charge in [-0.05, 0) is 25.7 Å². The molecule has 3 aliphatic rings. The lowest BCUT2D eigenvalue weighted by molar-refractivity contribution is -0.0386. The first-order chi connectivity index (χ1) is 7.74. The van der Waals surface area contributed by atoms with Gasteiger partial charge in [0.2, 0.25) is 0 Å². The normalized spacial score (nSPS) is 42.6. The summed E-state index contributed by atoms with van der Waals surface area (Å²) in [6, 6.07) is 0.149. The number of hydrogen-bond donors (Lipinski definition) is 2. The molecule has 0 aliphatic carbocycles. The molecule has 2 bridgehead atoms. The van der Waals surface area contributed by atoms with Gasteiger partial charge in [0.05, 0.1) is 11.6 Å². The molecule has 0 saturated carbocycles. The molecule has 1 amide bonds. The first kappa shape index (κ1) is 10.4. The molecule has 3 rings (SSSR count). The summed E-state index contributed by atoms with van der Waals surface area (Å²) in [6.45, 7) is 2.33. The number of fused-ring (bicyclic) bond motifs is 2. The number of hydrogen-bond acceptors (Lipinski definition) is 3. The van der Waals surface area contributed by atoms with Crippen molar-refractivity contribution < 1.29 is 14.6 Å². The fourth-order valence-corrected chi connectivity index (χ4v) is 3.63. The van der Waals surface area contributed by atoms with E-state index in [0.717, 1.165) is 45.4 Å². The van der Waals surface area contributed by atoms with E-state index in [2.05, 4.69) is 5.32 Å². The number of piperazine rings is 1. The lowest BCUT2D eigenvalue weighted by Crippen LogP contribution is -2.66. The molecule has 0 aromatic heterocycles. The van der Waals surface area contributed by atoms with Crippen LogP contribution in [0.25, 0.3) is 0 Å². The van der Waals surface area contributed by atoms with Gasteiger partial charge in [-0.1, -0.05) is 0 Å². The van der Waals surface area contributed by atoms with Crippen LogP contribution in [-0.2, 0) is 4.74 Å². The number of carbonyl (C=O) groups is 1. The Kier molecular flexibility index (Phi) is 2.33. The van der Waals surface area contributed by atoms with E-state index in [4.69, 9.17) is 4.74 Å². The zero-order valence-corrected chi connectivity index (χ0v) is 9.32. The van der Waals surface area contributed by atoms with Crippen LogP contribution < -0.4 is 5.32 Å². The molecule has 16 heavy (non-hydrogen) atoms. The maximum atomic E-state index is 11.4. The molecule has 2 N–H and O–H groups in total. The minimum atomic E-state index is -0.778. The van der Waals surface area contributed by atoms with Crippen LogP contribution in [0.2, 0.25) is 0 Å². The molecule has 0 aromatic rings. The van der Waals surface area contributed by atoms with Gasteiger partial charge in [0.15, 0.2) is 0 Å². The third-order valence-corrected chi connectivity index (χ3v) is 4.30. The molecule has 3 fully saturated rings. The Morgan fingerprint density at radius 3 is 3.06 bits per heavy atom. The average molecular weight is 226 g/mol. The quantitative estimate of drug-likeness (QED) is 0.689. The number of ether oxygens (including phenoxy) is 1. The van der Waals surface area contributed by atoms with Gasteiger partial charge in [-0.25, -0.2) is 4.79 Å². The van der Waals surface area contributed by atoms with Crippen molar-refractivity contribution in [2.75, 3.05) is 19.7 Å². The van der Waals surface area contributed by atoms with E-state index in [1.807, 2.05) is 0 Å². The van der Waals surface area contributed by atoms with E-state index < -0.39 is 6.09 Å². The van der Waals surface area contributed by atoms with Gasteiger partial charge in [0.25, 0.3) is 0 Å². The Balaban J connectivity index is 1.92. The van der Waals surface area contributed by atoms with Crippen molar-refractivity contribution in [2.24, 2.45) is 0 Å². The second-order valence-corrected chi connectivity index (χ2v) is 5.08. The van der Waals surface area contributed by atoms with Crippen molar-refractivity contribution in [3.8, 4) is 0 Å². The van der Waals surface area contributed by atoms with Crippen LogP contribution in [0.1, 0.15) is 25.7 Å². The molecule has 5 nitrogen and oxygen atoms in total. The van der Waals surface area contributed by atoms with Crippen molar-refractivity contribution in [1.82, 2.24) is 10.2 Å². The summed E-state index contributed by atoms with van der Waals surface area (Å²) in [5.74, 6) is 0. The Hall–Kier alpha value is -0.810. The minimum absolute atomic E-state index is 0.0985. The Bertz CT molecular complexity index is 300. The monoisotopic (exact) mass is 226 g/mol. The smallest absolute Gasteiger partial charge is 0.408 e. The highest BCUT2D eigenvalue weighted by atomic mass is 16.5. The van der Waals surface area contributed by atoms with Gasteiger partial charge in [-0.3, -0.25) is 4.90 Å². The summed E-state index contributed by atoms with van der Waals surface area (Å²) in [7, 11) is 0. The van der Waals surface area contributed by atoms with E-state index in [1.165, 1.54) is 0 Å². The summed E-state index contributed by atoms with van der Waals surface area (Å²) >= 11 is 0. The van der Waals surface area contributed by atoms with E-state index in [1.54, 1.807) is 4.90 Å². The molecule has 0 radical (unpaired) electrons. The summed E-state index contributed by atoms with van der Waals surface area (Å²) < 4.78 is 5.75. The van der Waals surface area contributed by atoms with Crippen LogP contribution in [0.3, 0.4) is 0 Å². The van der Waals surface area contributed by atoms with Gasteiger partial charge in [0.1, 0.15) is 0 Å². The predicted octanol–water partition coefficient (Wildman–Crippen LogP) is 0.650. The first-order valence-electron chi connectivity index (χ1n) is 6.09. The van der Waals surface area contributed by atoms with Crippen LogP contribution in [-0.4, -0.2) is 53.5 Å². The van der Waals surface area contributed by atoms with Crippen LogP contribution in [0.5, 0.6) is 0 Å². The highest BCUT2D eigenvalue weighted by Gasteiger charge is 2.56. The molecule has 3 atom stereocenters. The molecule has 3 heterocycles. The van der Waals surface area contributed by atoms with Crippen molar-refractivity contribution in [3.05, 3.63) is 0 Å². The maximum Gasteiger partial charge on any atom is 0.408 e. The van der Waals surface area contributed by atoms with Crippen molar-refractivity contribution >= 4 is 6.09 Å². The second kappa shape index (κ2) is 3.60. The SMILES string of the molecule is O=C(O)N1C2CCC1([C@@H]1CCCO1)CNC2. The van der Waals surface area contributed by atoms with E-state index in [-0.39, 0.29) is 17.7 Å². The molecule has 0 aromatic carbocycles. The van der Waals surface area contributed by atoms with Gasteiger partial charge < -0.3 is 15.2 Å². The van der Waals surface area contributed by atoms with Crippen LogP contribution >= 0.6 is 0 Å². The van der Waals surface area contributed by atoms with E-state index >= 15 is 0 Å². The lowest BCUT2D eigenvalue weighted by Gasteiger charge is -2.46. The molecule has 0 spiro atoms. The van der Waals surface area contributed by atoms with Crippen molar-refractivity contribution in [1.29, 1.82) is 0 Å². The van der Waals surface area contributed by atoms with E-state index in [9.17, 15) is 9.90 Å². The highest BCUT2D eigenvalue weighted by Crippen LogP contribution is 2.42. The van der Waals surface area contributed by atoms with Gasteiger partial charge in [0, 0.05) is 25.7 Å². The molecular formula is C11H18N2O3. The standard InChI is InChI=1S/C11H18N2O3/c14-10(15)13-8-3-4-11(13,7-12-6-8)9-2-1-5-16-9/h8-9,12H,1-7H2,(H,14,15)/t8?,9-,11?/m0/s1. The highest BCUT2D eigenvalue weighted by molar-refractivity contribution is 5.68. The van der Waals surface area contributed by atoms with Crippen LogP contribution in [0.4, 0.5) is 4.79 Å². The number of nitrogens with zero attached hydrogens (tertiary/aromatic N) is 1. The number of nitrogens with one attached hydrogen (secondary N) is 1. The first-order valence-corrected chi connectivity index (χ1v) is 6.09. The molecule has 3 aliphatic heterocycles. The summed E-state index contributed by atoms with van der Waals surface area (Å²) in [4.78, 5) is 13.1. The zero-order chi connectivity index (χ0) is 11.2. The Labute approximate surface area is 94.8 Å². The number of carboxylic acid groups (broad SMARTS) is 1. The minimum Gasteiger partial charge on any atom is -0.465 e. The lowest BCUT2D eigenvalue weighted by atomic mass is 9.87. The zero-order valence-electron chi connectivity index (χ0n) is 9.32. The summed E-state index contributed by atoms with van der Waals surface area (Å²) in [5.41, 5.74) is -0.286. The topological polar surface area (TPSA) is 61.8 Å². The molecular weight excluding hydrogens is 208 g/mol. The third-order valence-electron chi connectivity index (χ3n) is 4.30. The van der Waals surface area contributed by atoms with Crippen LogP contribution in [0.15, 0.2) is 0 Å². The van der Waals surface area contributed by atoms with Crippen LogP contribution in [0, 0.1) is 0 Å². The van der Waals surface area contributed by atoms with Crippen molar-refractivity contribution in [3.63, 3.8) is 0 Å². The molecule has 5 heteroatoms. The summed E-state index contributed by atoms with van der Waals surface area (Å²) in [5, 5.41) is 12.8. The predicted molar refractivity (Wildman–Crippen MR) is 57.5 cm³/mol. The van der Waals surface area contributed by atoms with E-state index in [0.29, 0.717) is 0 Å². The summed E-state index contributed by atoms with van der Waals surface area (Å²) in [6.07, 6.45) is 3.30. The number of rotatable bonds is 1. The maximum absolute atomic E-state index is 11.4. The fraction of sp³-hybridized carbons (Fsp3) is 0.909. The van der Waals surface area contributed by atoms with Gasteiger partial charge >= 0.3 is 6.09 Å². The Morgan fingerprint density at radius 1 is 1.50 bits per heavy atom. The van der Waals surface area contributed by atoms with Crippen molar-refractivity contribution in [2.45, 2.75) is 43.4 Å². The Morgan fingerprint density at radius 2 is 2.38 bits per heavy atom. The number of amides is 1. The fourth-order valence-electron chi connectivity index (χ4n) is 3.63.